The Balaban J connectivity index is 2.04. The van der Waals surface area contributed by atoms with Crippen LogP contribution in [-0.2, 0) is 0 Å². The molecule has 4 aromatic rings. The van der Waals surface area contributed by atoms with E-state index in [1.807, 2.05) is 0 Å². The molecule has 0 aromatic carbocycles. The van der Waals surface area contributed by atoms with Crippen molar-refractivity contribution in [3.05, 3.63) is 44.8 Å². The first-order chi connectivity index (χ1) is 10.1. The third-order valence-corrected chi connectivity index (χ3v) is 3.12. The molecule has 0 spiro atoms. The summed E-state index contributed by atoms with van der Waals surface area (Å²) in [5.41, 5.74) is 0.935. The van der Waals surface area contributed by atoms with Gasteiger partial charge in [-0.15, -0.1) is 0 Å². The second-order valence-corrected chi connectivity index (χ2v) is 4.57. The van der Waals surface area contributed by atoms with Gasteiger partial charge in [0, 0.05) is 18.0 Å². The molecule has 0 aliphatic carbocycles. The first-order valence-electron chi connectivity index (χ1n) is 6.09. The summed E-state index contributed by atoms with van der Waals surface area (Å²) in [7, 11) is 0. The van der Waals surface area contributed by atoms with Gasteiger partial charge in [0.25, 0.3) is 0 Å². The van der Waals surface area contributed by atoms with Crippen LogP contribution in [0.15, 0.2) is 37.1 Å². The van der Waals surface area contributed by atoms with Crippen molar-refractivity contribution in [2.45, 2.75) is 6.92 Å². The first kappa shape index (κ1) is 11.6. The van der Waals surface area contributed by atoms with Crippen LogP contribution in [0.25, 0.3) is 33.9 Å². The van der Waals surface area contributed by atoms with Gasteiger partial charge in [0.15, 0.2) is 17.6 Å². The van der Waals surface area contributed by atoms with E-state index in [1.165, 1.54) is 18.7 Å². The molecule has 0 fully saturated rings. The molecule has 0 saturated heterocycles. The number of fused-ring (bicyclic) bond motifs is 2. The third kappa shape index (κ3) is 1.62. The second kappa shape index (κ2) is 3.92. The van der Waals surface area contributed by atoms with Gasteiger partial charge < -0.3 is 18.8 Å². The topological polar surface area (TPSA) is 118 Å². The van der Waals surface area contributed by atoms with E-state index < -0.39 is 5.43 Å². The lowest BCUT2D eigenvalue weighted by atomic mass is 10.2. The van der Waals surface area contributed by atoms with Crippen LogP contribution in [0.3, 0.4) is 0 Å². The van der Waals surface area contributed by atoms with E-state index in [0.29, 0.717) is 11.3 Å². The number of hydrogen-bond acceptors (Lipinski definition) is 6. The molecule has 2 N–H and O–H groups in total. The van der Waals surface area contributed by atoms with Gasteiger partial charge >= 0.3 is 0 Å². The van der Waals surface area contributed by atoms with E-state index in [9.17, 15) is 9.59 Å². The molecule has 0 unspecified atom stereocenters. The van der Waals surface area contributed by atoms with Crippen LogP contribution >= 0.6 is 0 Å². The maximum Gasteiger partial charge on any atom is 0.239 e. The van der Waals surface area contributed by atoms with Gasteiger partial charge in [-0.2, -0.15) is 4.98 Å². The van der Waals surface area contributed by atoms with Crippen LogP contribution in [0.2, 0.25) is 0 Å². The molecule has 8 nitrogen and oxygen atoms in total. The van der Waals surface area contributed by atoms with Crippen molar-refractivity contribution in [2.24, 2.45) is 0 Å². The minimum absolute atomic E-state index is 0.0449. The molecular weight excluding hydrogens is 276 g/mol. The zero-order chi connectivity index (χ0) is 14.6. The Morgan fingerprint density at radius 1 is 1.29 bits per heavy atom. The summed E-state index contributed by atoms with van der Waals surface area (Å²) in [6.07, 6.45) is 2.60. The number of aromatic amines is 2. The number of aryl methyl sites for hydroxylation is 1. The van der Waals surface area contributed by atoms with E-state index >= 15 is 0 Å². The maximum absolute atomic E-state index is 12.3. The monoisotopic (exact) mass is 284 g/mol. The minimum atomic E-state index is -0.406. The second-order valence-electron chi connectivity index (χ2n) is 4.57. The lowest BCUT2D eigenvalue weighted by molar-refractivity contribution is 0.595. The maximum atomic E-state index is 12.3. The highest BCUT2D eigenvalue weighted by Gasteiger charge is 2.17. The summed E-state index contributed by atoms with van der Waals surface area (Å²) in [4.78, 5) is 37.8. The van der Waals surface area contributed by atoms with E-state index in [4.69, 9.17) is 8.83 Å². The summed E-state index contributed by atoms with van der Waals surface area (Å²) in [5, 5.41) is 0. The number of pyridine rings is 2. The molecule has 0 aliphatic rings. The van der Waals surface area contributed by atoms with Crippen molar-refractivity contribution >= 4 is 22.5 Å². The van der Waals surface area contributed by atoms with Gasteiger partial charge in [-0.1, -0.05) is 0 Å². The fourth-order valence-corrected chi connectivity index (χ4v) is 2.16. The van der Waals surface area contributed by atoms with Crippen LogP contribution in [0, 0.1) is 6.92 Å². The molecule has 4 heterocycles. The number of hydrogen-bond donors (Lipinski definition) is 2. The lowest BCUT2D eigenvalue weighted by Gasteiger charge is -1.93. The number of nitrogens with one attached hydrogen (secondary N) is 2. The molecular formula is C13H8N4O4. The highest BCUT2D eigenvalue weighted by atomic mass is 16.4. The van der Waals surface area contributed by atoms with Gasteiger partial charge in [-0.05, 0) is 6.92 Å². The number of H-pyrrole nitrogens is 2. The van der Waals surface area contributed by atoms with Crippen molar-refractivity contribution in [1.29, 1.82) is 0 Å². The summed E-state index contributed by atoms with van der Waals surface area (Å²) in [6.45, 7) is 1.73. The van der Waals surface area contributed by atoms with Gasteiger partial charge in [0.1, 0.15) is 5.56 Å². The quantitative estimate of drug-likeness (QED) is 0.544. The van der Waals surface area contributed by atoms with E-state index in [0.717, 1.165) is 0 Å². The van der Waals surface area contributed by atoms with E-state index in [1.54, 1.807) is 6.92 Å². The Labute approximate surface area is 115 Å². The van der Waals surface area contributed by atoms with Crippen LogP contribution in [-0.4, -0.2) is 19.9 Å². The minimum Gasteiger partial charge on any atom is -0.438 e. The SMILES string of the molecule is Cc1cc(=O)c2nc(-c3c[nH]c4ncoc4c3=O)oc2[nH]1. The van der Waals surface area contributed by atoms with Gasteiger partial charge in [-0.25, -0.2) is 4.98 Å². The fraction of sp³-hybridized carbons (Fsp3) is 0.0769. The third-order valence-electron chi connectivity index (χ3n) is 3.12. The predicted molar refractivity (Wildman–Crippen MR) is 73.0 cm³/mol. The Morgan fingerprint density at radius 2 is 2.14 bits per heavy atom. The molecule has 21 heavy (non-hydrogen) atoms. The molecule has 0 atom stereocenters. The molecule has 0 bridgehead atoms. The average molecular weight is 284 g/mol. The van der Waals surface area contributed by atoms with Gasteiger partial charge in [0.05, 0.1) is 0 Å². The summed E-state index contributed by atoms with van der Waals surface area (Å²) < 4.78 is 10.5. The van der Waals surface area contributed by atoms with Crippen molar-refractivity contribution in [2.75, 3.05) is 0 Å². The highest BCUT2D eigenvalue weighted by Crippen LogP contribution is 2.20. The smallest absolute Gasteiger partial charge is 0.239 e. The van der Waals surface area contributed by atoms with Crippen molar-refractivity contribution in [3.8, 4) is 11.5 Å². The number of aromatic nitrogens is 4. The average Bonchev–Trinajstić information content (AvgIpc) is 3.05. The standard InChI is InChI=1S/C13H8N4O4/c1-5-2-7(18)8-13(16-5)21-12(17-8)6-3-14-11-10(9(6)19)20-4-15-11/h2-4H,1H3,(H,14,19)(H,16,18). The number of oxazole rings is 2. The Kier molecular flexibility index (Phi) is 2.17. The summed E-state index contributed by atoms with van der Waals surface area (Å²) >= 11 is 0. The van der Waals surface area contributed by atoms with Gasteiger partial charge in [0.2, 0.25) is 28.0 Å². The van der Waals surface area contributed by atoms with Crippen molar-refractivity contribution in [3.63, 3.8) is 0 Å². The first-order valence-corrected chi connectivity index (χ1v) is 6.09. The van der Waals surface area contributed by atoms with Crippen LogP contribution in [0.5, 0.6) is 0 Å². The van der Waals surface area contributed by atoms with Gasteiger partial charge in [-0.3, -0.25) is 9.59 Å². The molecule has 0 amide bonds. The predicted octanol–water partition coefficient (Wildman–Crippen LogP) is 1.32. The molecule has 0 aliphatic heterocycles. The zero-order valence-corrected chi connectivity index (χ0v) is 10.8. The van der Waals surface area contributed by atoms with Crippen molar-refractivity contribution < 1.29 is 8.83 Å². The summed E-state index contributed by atoms with van der Waals surface area (Å²) in [6, 6.07) is 1.42. The van der Waals surface area contributed by atoms with Crippen LogP contribution in [0.1, 0.15) is 5.69 Å². The normalized spacial score (nSPS) is 11.5. The Morgan fingerprint density at radius 3 is 3.00 bits per heavy atom. The van der Waals surface area contributed by atoms with E-state index in [2.05, 4.69) is 19.9 Å². The highest BCUT2D eigenvalue weighted by molar-refractivity contribution is 5.76. The number of rotatable bonds is 1. The Bertz CT molecular complexity index is 1100. The molecule has 0 radical (unpaired) electrons. The molecule has 4 aromatic heterocycles. The van der Waals surface area contributed by atoms with Crippen molar-refractivity contribution in [1.82, 2.24) is 19.9 Å². The van der Waals surface area contributed by atoms with Crippen LogP contribution < -0.4 is 10.9 Å². The largest absolute Gasteiger partial charge is 0.438 e. The zero-order valence-electron chi connectivity index (χ0n) is 10.8. The Hall–Kier alpha value is -3.16. The molecule has 104 valence electrons. The van der Waals surface area contributed by atoms with Crippen LogP contribution in [0.4, 0.5) is 0 Å². The lowest BCUT2D eigenvalue weighted by Crippen LogP contribution is -2.05. The molecule has 8 heteroatoms. The number of nitrogens with zero attached hydrogens (tertiary/aromatic N) is 2. The fourth-order valence-electron chi connectivity index (χ4n) is 2.16. The molecule has 0 saturated carbocycles. The molecule has 4 rings (SSSR count). The summed E-state index contributed by atoms with van der Waals surface area (Å²) in [5.74, 6) is 0.0449. The van der Waals surface area contributed by atoms with E-state index in [-0.39, 0.29) is 33.7 Å².